The molecular formula is C14H17N3. The standard InChI is InChI=1S/C14H17N3/c1-11-2-4-12(5-3-11)14-9-16-10-17(14)13-6-7-15-8-13/h2-5,9-10,13,15H,6-8H2,1H3. The lowest BCUT2D eigenvalue weighted by atomic mass is 10.1. The van der Waals surface area contributed by atoms with Crippen LogP contribution in [0.15, 0.2) is 36.8 Å². The number of imidazole rings is 1. The molecule has 0 aliphatic carbocycles. The van der Waals surface area contributed by atoms with E-state index in [-0.39, 0.29) is 0 Å². The molecule has 3 rings (SSSR count). The van der Waals surface area contributed by atoms with Crippen molar-refractivity contribution in [3.63, 3.8) is 0 Å². The Morgan fingerprint density at radius 2 is 2.12 bits per heavy atom. The van der Waals surface area contributed by atoms with Crippen molar-refractivity contribution >= 4 is 0 Å². The molecule has 0 saturated carbocycles. The number of nitrogens with one attached hydrogen (secondary N) is 1. The van der Waals surface area contributed by atoms with E-state index in [0.717, 1.165) is 13.1 Å². The van der Waals surface area contributed by atoms with Gasteiger partial charge in [0.1, 0.15) is 0 Å². The maximum Gasteiger partial charge on any atom is 0.0954 e. The average Bonchev–Trinajstić information content (AvgIpc) is 3.00. The molecule has 3 nitrogen and oxygen atoms in total. The maximum atomic E-state index is 4.30. The van der Waals surface area contributed by atoms with Gasteiger partial charge in [0.15, 0.2) is 0 Å². The van der Waals surface area contributed by atoms with Crippen molar-refractivity contribution in [3.8, 4) is 11.3 Å². The van der Waals surface area contributed by atoms with E-state index >= 15 is 0 Å². The van der Waals surface area contributed by atoms with Gasteiger partial charge in [-0.15, -0.1) is 0 Å². The molecule has 1 unspecified atom stereocenters. The highest BCUT2D eigenvalue weighted by Gasteiger charge is 2.18. The first-order valence-electron chi connectivity index (χ1n) is 6.14. The highest BCUT2D eigenvalue weighted by molar-refractivity contribution is 5.59. The van der Waals surface area contributed by atoms with Gasteiger partial charge in [0.2, 0.25) is 0 Å². The largest absolute Gasteiger partial charge is 0.326 e. The van der Waals surface area contributed by atoms with Gasteiger partial charge in [-0.05, 0) is 25.5 Å². The zero-order chi connectivity index (χ0) is 11.7. The third-order valence-corrected chi connectivity index (χ3v) is 3.44. The Morgan fingerprint density at radius 1 is 1.29 bits per heavy atom. The highest BCUT2D eigenvalue weighted by Crippen LogP contribution is 2.25. The lowest BCUT2D eigenvalue weighted by molar-refractivity contribution is 0.551. The first-order valence-corrected chi connectivity index (χ1v) is 6.14. The molecule has 0 spiro atoms. The molecule has 0 radical (unpaired) electrons. The van der Waals surface area contributed by atoms with Crippen LogP contribution in [0.2, 0.25) is 0 Å². The molecule has 1 atom stereocenters. The lowest BCUT2D eigenvalue weighted by Crippen LogP contribution is -2.13. The van der Waals surface area contributed by atoms with Gasteiger partial charge in [-0.1, -0.05) is 29.8 Å². The van der Waals surface area contributed by atoms with Crippen LogP contribution < -0.4 is 5.32 Å². The smallest absolute Gasteiger partial charge is 0.0954 e. The van der Waals surface area contributed by atoms with E-state index in [0.29, 0.717) is 6.04 Å². The van der Waals surface area contributed by atoms with Crippen molar-refractivity contribution in [3.05, 3.63) is 42.4 Å². The Hall–Kier alpha value is -1.61. The predicted molar refractivity (Wildman–Crippen MR) is 68.9 cm³/mol. The van der Waals surface area contributed by atoms with Crippen LogP contribution in [0.5, 0.6) is 0 Å². The molecule has 2 heterocycles. The van der Waals surface area contributed by atoms with Crippen molar-refractivity contribution in [1.82, 2.24) is 14.9 Å². The number of aromatic nitrogens is 2. The van der Waals surface area contributed by atoms with E-state index in [1.54, 1.807) is 0 Å². The zero-order valence-electron chi connectivity index (χ0n) is 10.1. The average molecular weight is 227 g/mol. The van der Waals surface area contributed by atoms with Gasteiger partial charge in [0, 0.05) is 12.6 Å². The van der Waals surface area contributed by atoms with E-state index in [2.05, 4.69) is 46.1 Å². The molecule has 2 aromatic rings. The zero-order valence-corrected chi connectivity index (χ0v) is 10.1. The highest BCUT2D eigenvalue weighted by atomic mass is 15.1. The number of benzene rings is 1. The minimum absolute atomic E-state index is 0.550. The van der Waals surface area contributed by atoms with Crippen molar-refractivity contribution < 1.29 is 0 Å². The van der Waals surface area contributed by atoms with Crippen LogP contribution in [0.1, 0.15) is 18.0 Å². The Kier molecular flexibility index (Phi) is 2.69. The summed E-state index contributed by atoms with van der Waals surface area (Å²) in [6.45, 7) is 4.27. The quantitative estimate of drug-likeness (QED) is 0.853. The molecule has 1 aliphatic rings. The molecule has 17 heavy (non-hydrogen) atoms. The summed E-state index contributed by atoms with van der Waals surface area (Å²) in [5, 5.41) is 3.40. The number of hydrogen-bond donors (Lipinski definition) is 1. The molecule has 1 fully saturated rings. The summed E-state index contributed by atoms with van der Waals surface area (Å²) in [6, 6.07) is 9.20. The molecule has 1 aromatic heterocycles. The minimum Gasteiger partial charge on any atom is -0.326 e. The van der Waals surface area contributed by atoms with Crippen LogP contribution in [0.25, 0.3) is 11.3 Å². The second kappa shape index (κ2) is 4.34. The van der Waals surface area contributed by atoms with Crippen LogP contribution in [-0.4, -0.2) is 22.6 Å². The fourth-order valence-corrected chi connectivity index (χ4v) is 2.42. The maximum absolute atomic E-state index is 4.30. The molecule has 1 N–H and O–H groups in total. The number of aryl methyl sites for hydroxylation is 1. The first-order chi connectivity index (χ1) is 8.34. The summed E-state index contributed by atoms with van der Waals surface area (Å²) >= 11 is 0. The van der Waals surface area contributed by atoms with E-state index in [1.807, 2.05) is 12.5 Å². The van der Waals surface area contributed by atoms with Crippen LogP contribution >= 0.6 is 0 Å². The minimum atomic E-state index is 0.550. The molecule has 88 valence electrons. The topological polar surface area (TPSA) is 29.9 Å². The summed E-state index contributed by atoms with van der Waals surface area (Å²) in [7, 11) is 0. The van der Waals surface area contributed by atoms with Crippen LogP contribution in [0.3, 0.4) is 0 Å². The summed E-state index contributed by atoms with van der Waals surface area (Å²) in [5.74, 6) is 0. The van der Waals surface area contributed by atoms with Crippen molar-refractivity contribution in [1.29, 1.82) is 0 Å². The summed E-state index contributed by atoms with van der Waals surface area (Å²) < 4.78 is 2.30. The van der Waals surface area contributed by atoms with Gasteiger partial charge in [0.25, 0.3) is 0 Å². The van der Waals surface area contributed by atoms with Gasteiger partial charge in [-0.25, -0.2) is 4.98 Å². The van der Waals surface area contributed by atoms with Crippen LogP contribution in [0.4, 0.5) is 0 Å². The summed E-state index contributed by atoms with van der Waals surface area (Å²) in [6.07, 6.45) is 5.10. The van der Waals surface area contributed by atoms with Crippen molar-refractivity contribution in [2.75, 3.05) is 13.1 Å². The normalized spacial score (nSPS) is 19.7. The molecule has 0 bridgehead atoms. The van der Waals surface area contributed by atoms with E-state index < -0.39 is 0 Å². The molecular weight excluding hydrogens is 210 g/mol. The Labute approximate surface area is 101 Å². The van der Waals surface area contributed by atoms with Gasteiger partial charge < -0.3 is 9.88 Å². The van der Waals surface area contributed by atoms with Gasteiger partial charge in [0.05, 0.1) is 18.2 Å². The molecule has 1 saturated heterocycles. The second-order valence-corrected chi connectivity index (χ2v) is 4.70. The Balaban J connectivity index is 1.97. The SMILES string of the molecule is Cc1ccc(-c2cncn2C2CCNC2)cc1. The fourth-order valence-electron chi connectivity index (χ4n) is 2.42. The predicted octanol–water partition coefficient (Wildman–Crippen LogP) is 2.39. The van der Waals surface area contributed by atoms with Gasteiger partial charge in [-0.2, -0.15) is 0 Å². The van der Waals surface area contributed by atoms with Crippen LogP contribution in [0, 0.1) is 6.92 Å². The van der Waals surface area contributed by atoms with Gasteiger partial charge in [-0.3, -0.25) is 0 Å². The Bertz CT molecular complexity index is 492. The van der Waals surface area contributed by atoms with E-state index in [1.165, 1.54) is 23.2 Å². The molecule has 1 aliphatic heterocycles. The molecule has 1 aromatic carbocycles. The fraction of sp³-hybridized carbons (Fsp3) is 0.357. The number of hydrogen-bond acceptors (Lipinski definition) is 2. The monoisotopic (exact) mass is 227 g/mol. The van der Waals surface area contributed by atoms with Crippen molar-refractivity contribution in [2.24, 2.45) is 0 Å². The third-order valence-electron chi connectivity index (χ3n) is 3.44. The van der Waals surface area contributed by atoms with Gasteiger partial charge >= 0.3 is 0 Å². The first kappa shape index (κ1) is 10.5. The van der Waals surface area contributed by atoms with Crippen molar-refractivity contribution in [2.45, 2.75) is 19.4 Å². The lowest BCUT2D eigenvalue weighted by Gasteiger charge is -2.14. The Morgan fingerprint density at radius 3 is 2.82 bits per heavy atom. The molecule has 0 amide bonds. The van der Waals surface area contributed by atoms with E-state index in [4.69, 9.17) is 0 Å². The summed E-state index contributed by atoms with van der Waals surface area (Å²) in [4.78, 5) is 4.30. The van der Waals surface area contributed by atoms with E-state index in [9.17, 15) is 0 Å². The molecule has 3 heteroatoms. The summed E-state index contributed by atoms with van der Waals surface area (Å²) in [5.41, 5.74) is 3.76. The second-order valence-electron chi connectivity index (χ2n) is 4.70. The third kappa shape index (κ3) is 1.98. The van der Waals surface area contributed by atoms with Crippen LogP contribution in [-0.2, 0) is 0 Å². The number of rotatable bonds is 2. The number of nitrogens with zero attached hydrogens (tertiary/aromatic N) is 2.